The van der Waals surface area contributed by atoms with Crippen LogP contribution < -0.4 is 5.32 Å². The number of amides is 1. The maximum absolute atomic E-state index is 12.2. The second-order valence-corrected chi connectivity index (χ2v) is 5.12. The van der Waals surface area contributed by atoms with Crippen LogP contribution in [0.4, 0.5) is 0 Å². The van der Waals surface area contributed by atoms with Gasteiger partial charge in [-0.05, 0) is 31.0 Å². The summed E-state index contributed by atoms with van der Waals surface area (Å²) in [6, 6.07) is 5.49. The molecule has 0 spiro atoms. The highest BCUT2D eigenvalue weighted by molar-refractivity contribution is 5.94. The summed E-state index contributed by atoms with van der Waals surface area (Å²) in [4.78, 5) is 19.4. The van der Waals surface area contributed by atoms with Crippen molar-refractivity contribution in [2.45, 2.75) is 25.5 Å². The molecule has 2 aromatic rings. The Labute approximate surface area is 116 Å². The third-order valence-electron chi connectivity index (χ3n) is 3.50. The summed E-state index contributed by atoms with van der Waals surface area (Å²) in [5.41, 5.74) is 2.70. The molecular weight excluding hydrogens is 258 g/mol. The summed E-state index contributed by atoms with van der Waals surface area (Å²) in [6.45, 7) is 2.78. The molecule has 0 bridgehead atoms. The van der Waals surface area contributed by atoms with Gasteiger partial charge in [-0.1, -0.05) is 6.07 Å². The Hall–Kier alpha value is -1.92. The Kier molecular flexibility index (Phi) is 3.42. The molecule has 0 unspecified atom stereocenters. The van der Waals surface area contributed by atoms with Crippen LogP contribution in [0.1, 0.15) is 22.6 Å². The molecule has 0 aliphatic carbocycles. The van der Waals surface area contributed by atoms with Gasteiger partial charge in [0.1, 0.15) is 0 Å². The molecule has 20 heavy (non-hydrogen) atoms. The van der Waals surface area contributed by atoms with Crippen molar-refractivity contribution in [2.75, 3.05) is 13.2 Å². The van der Waals surface area contributed by atoms with Gasteiger partial charge >= 0.3 is 0 Å². The van der Waals surface area contributed by atoms with Gasteiger partial charge in [0.15, 0.2) is 5.82 Å². The van der Waals surface area contributed by atoms with Crippen LogP contribution in [0.15, 0.2) is 18.2 Å². The summed E-state index contributed by atoms with van der Waals surface area (Å²) < 4.78 is 5.14. The molecule has 106 valence electrons. The van der Waals surface area contributed by atoms with E-state index in [0.29, 0.717) is 13.0 Å². The quantitative estimate of drug-likeness (QED) is 0.755. The van der Waals surface area contributed by atoms with Crippen LogP contribution in [-0.4, -0.2) is 46.3 Å². The Balaban J connectivity index is 1.78. The van der Waals surface area contributed by atoms with Gasteiger partial charge in [0.05, 0.1) is 29.8 Å². The predicted molar refractivity (Wildman–Crippen MR) is 73.5 cm³/mol. The zero-order chi connectivity index (χ0) is 14.1. The van der Waals surface area contributed by atoms with Crippen LogP contribution in [0.2, 0.25) is 0 Å². The fourth-order valence-corrected chi connectivity index (χ4v) is 2.36. The molecular formula is C14H17N3O3. The number of imidazole rings is 1. The molecule has 1 amide bonds. The topological polar surface area (TPSA) is 87.2 Å². The van der Waals surface area contributed by atoms with Gasteiger partial charge in [-0.25, -0.2) is 4.98 Å². The molecule has 1 saturated heterocycles. The number of H-pyrrole nitrogens is 1. The molecule has 1 aromatic heterocycles. The Morgan fingerprint density at radius 1 is 1.55 bits per heavy atom. The van der Waals surface area contributed by atoms with Crippen LogP contribution in [0.3, 0.4) is 0 Å². The highest BCUT2D eigenvalue weighted by Crippen LogP contribution is 2.14. The van der Waals surface area contributed by atoms with Crippen LogP contribution in [0.25, 0.3) is 11.0 Å². The minimum absolute atomic E-state index is 0.254. The molecule has 1 aliphatic rings. The predicted octanol–water partition coefficient (Wildman–Crippen LogP) is 0.751. The fourth-order valence-electron chi connectivity index (χ4n) is 2.36. The number of aliphatic hydroxyl groups excluding tert-OH is 1. The number of aromatic amines is 1. The van der Waals surface area contributed by atoms with E-state index >= 15 is 0 Å². The first-order valence-electron chi connectivity index (χ1n) is 6.66. The Bertz CT molecular complexity index is 638. The van der Waals surface area contributed by atoms with E-state index in [1.807, 2.05) is 25.1 Å². The third-order valence-corrected chi connectivity index (χ3v) is 3.50. The number of fused-ring (bicyclic) bond motifs is 1. The summed E-state index contributed by atoms with van der Waals surface area (Å²) in [6.07, 6.45) is -0.0639. The Morgan fingerprint density at radius 3 is 3.20 bits per heavy atom. The van der Waals surface area contributed by atoms with Crippen molar-refractivity contribution in [1.82, 2.24) is 15.3 Å². The second kappa shape index (κ2) is 5.22. The molecule has 6 nitrogen and oxygen atoms in total. The normalized spacial score (nSPS) is 22.9. The van der Waals surface area contributed by atoms with Crippen molar-refractivity contribution < 1.29 is 14.6 Å². The molecule has 0 radical (unpaired) electrons. The molecule has 6 heteroatoms. The standard InChI is InChI=1S/C14H17N3O3/c1-8-2-3-9-11(6-8)16-13(15-9)14(19)17-10-4-5-20-7-12(10)18/h2-3,6,10,12,18H,4-5,7H2,1H3,(H,15,16)(H,17,19)/t10-,12-/m1/s1. The minimum atomic E-state index is -0.667. The lowest BCUT2D eigenvalue weighted by Crippen LogP contribution is -2.48. The minimum Gasteiger partial charge on any atom is -0.389 e. The second-order valence-electron chi connectivity index (χ2n) is 5.12. The summed E-state index contributed by atoms with van der Waals surface area (Å²) in [5.74, 6) is -0.0332. The van der Waals surface area contributed by atoms with E-state index in [4.69, 9.17) is 4.74 Å². The van der Waals surface area contributed by atoms with Gasteiger partial charge in [0, 0.05) is 6.61 Å². The first-order valence-corrected chi connectivity index (χ1v) is 6.66. The van der Waals surface area contributed by atoms with Crippen LogP contribution in [0.5, 0.6) is 0 Å². The average Bonchev–Trinajstić information content (AvgIpc) is 2.84. The highest BCUT2D eigenvalue weighted by Gasteiger charge is 2.26. The lowest BCUT2D eigenvalue weighted by molar-refractivity contribution is -0.0261. The molecule has 2 atom stereocenters. The summed E-state index contributed by atoms with van der Waals surface area (Å²) in [5, 5.41) is 12.6. The average molecular weight is 275 g/mol. The largest absolute Gasteiger partial charge is 0.389 e. The molecule has 3 N–H and O–H groups in total. The molecule has 2 heterocycles. The number of aliphatic hydroxyl groups is 1. The van der Waals surface area contributed by atoms with E-state index in [-0.39, 0.29) is 24.4 Å². The maximum atomic E-state index is 12.2. The number of ether oxygens (including phenoxy) is 1. The fraction of sp³-hybridized carbons (Fsp3) is 0.429. The number of benzene rings is 1. The van der Waals surface area contributed by atoms with Crippen molar-refractivity contribution in [3.8, 4) is 0 Å². The number of hydrogen-bond donors (Lipinski definition) is 3. The SMILES string of the molecule is Cc1ccc2nc(C(=O)N[C@@H]3CCOC[C@H]3O)[nH]c2c1. The van der Waals surface area contributed by atoms with E-state index in [2.05, 4.69) is 15.3 Å². The number of nitrogens with zero attached hydrogens (tertiary/aromatic N) is 1. The van der Waals surface area contributed by atoms with E-state index in [1.54, 1.807) is 0 Å². The lowest BCUT2D eigenvalue weighted by Gasteiger charge is -2.28. The first-order chi connectivity index (χ1) is 9.63. The first kappa shape index (κ1) is 13.1. The summed E-state index contributed by atoms with van der Waals surface area (Å²) in [7, 11) is 0. The van der Waals surface area contributed by atoms with Crippen molar-refractivity contribution in [3.05, 3.63) is 29.6 Å². The van der Waals surface area contributed by atoms with Gasteiger partial charge in [-0.3, -0.25) is 4.79 Å². The monoisotopic (exact) mass is 275 g/mol. The molecule has 3 rings (SSSR count). The van der Waals surface area contributed by atoms with Gasteiger partial charge in [0.25, 0.3) is 5.91 Å². The van der Waals surface area contributed by atoms with Gasteiger partial charge < -0.3 is 20.1 Å². The molecule has 0 saturated carbocycles. The van der Waals surface area contributed by atoms with Crippen LogP contribution in [-0.2, 0) is 4.74 Å². The maximum Gasteiger partial charge on any atom is 0.287 e. The number of aryl methyl sites for hydroxylation is 1. The molecule has 1 aliphatic heterocycles. The van der Waals surface area contributed by atoms with Crippen molar-refractivity contribution in [2.24, 2.45) is 0 Å². The molecule has 1 fully saturated rings. The summed E-state index contributed by atoms with van der Waals surface area (Å²) >= 11 is 0. The van der Waals surface area contributed by atoms with Crippen LogP contribution >= 0.6 is 0 Å². The van der Waals surface area contributed by atoms with Crippen LogP contribution in [0, 0.1) is 6.92 Å². The zero-order valence-electron chi connectivity index (χ0n) is 11.2. The van der Waals surface area contributed by atoms with Crippen molar-refractivity contribution >= 4 is 16.9 Å². The highest BCUT2D eigenvalue weighted by atomic mass is 16.5. The van der Waals surface area contributed by atoms with Gasteiger partial charge in [-0.15, -0.1) is 0 Å². The number of aromatic nitrogens is 2. The number of carbonyl (C=O) groups is 1. The zero-order valence-corrected chi connectivity index (χ0v) is 11.2. The number of hydrogen-bond acceptors (Lipinski definition) is 4. The Morgan fingerprint density at radius 2 is 2.40 bits per heavy atom. The number of rotatable bonds is 2. The smallest absolute Gasteiger partial charge is 0.287 e. The molecule has 1 aromatic carbocycles. The number of nitrogens with one attached hydrogen (secondary N) is 2. The van der Waals surface area contributed by atoms with Gasteiger partial charge in [0.2, 0.25) is 0 Å². The third kappa shape index (κ3) is 2.52. The van der Waals surface area contributed by atoms with E-state index in [9.17, 15) is 9.90 Å². The number of carbonyl (C=O) groups excluding carboxylic acids is 1. The van der Waals surface area contributed by atoms with E-state index in [1.165, 1.54) is 0 Å². The van der Waals surface area contributed by atoms with Crippen molar-refractivity contribution in [3.63, 3.8) is 0 Å². The van der Waals surface area contributed by atoms with Crippen molar-refractivity contribution in [1.29, 1.82) is 0 Å². The van der Waals surface area contributed by atoms with Gasteiger partial charge in [-0.2, -0.15) is 0 Å². The lowest BCUT2D eigenvalue weighted by atomic mass is 10.1. The van der Waals surface area contributed by atoms with E-state index < -0.39 is 6.10 Å². The van der Waals surface area contributed by atoms with E-state index in [0.717, 1.165) is 16.6 Å².